The van der Waals surface area contributed by atoms with E-state index in [0.717, 1.165) is 48.1 Å². The van der Waals surface area contributed by atoms with Crippen LogP contribution in [0, 0.1) is 0 Å². The molecule has 0 aliphatic carbocycles. The number of nitrogens with one attached hydrogen (secondary N) is 1. The molecule has 1 aliphatic rings. The van der Waals surface area contributed by atoms with Crippen LogP contribution in [0.5, 0.6) is 5.75 Å². The summed E-state index contributed by atoms with van der Waals surface area (Å²) in [5.74, 6) is 1.53. The predicted octanol–water partition coefficient (Wildman–Crippen LogP) is 3.95. The molecule has 168 valence electrons. The summed E-state index contributed by atoms with van der Waals surface area (Å²) in [5.41, 5.74) is 4.81. The first-order valence-corrected chi connectivity index (χ1v) is 11.0. The van der Waals surface area contributed by atoms with Crippen molar-refractivity contribution in [2.45, 2.75) is 19.4 Å². The molecule has 0 spiro atoms. The van der Waals surface area contributed by atoms with E-state index in [1.165, 1.54) is 11.1 Å². The van der Waals surface area contributed by atoms with Crippen LogP contribution in [0.3, 0.4) is 0 Å². The molecule has 0 fully saturated rings. The van der Waals surface area contributed by atoms with Crippen LogP contribution < -0.4 is 10.1 Å². The van der Waals surface area contributed by atoms with Gasteiger partial charge in [0.2, 0.25) is 5.95 Å². The molecule has 0 unspecified atom stereocenters. The average molecular weight is 463 g/mol. The smallest absolute Gasteiger partial charge is 0.229 e. The van der Waals surface area contributed by atoms with Crippen molar-refractivity contribution in [3.05, 3.63) is 64.4 Å². The SMILES string of the molecule is COc1cc2c(cc1Nc1ncc(Cl)c(-n3nc(CC=O)c4ccccc43)n1)CN(C)CC2. The molecule has 0 atom stereocenters. The third-order valence-corrected chi connectivity index (χ3v) is 6.10. The first kappa shape index (κ1) is 21.4. The van der Waals surface area contributed by atoms with Crippen LogP contribution in [0.2, 0.25) is 5.02 Å². The van der Waals surface area contributed by atoms with Crippen LogP contribution in [0.25, 0.3) is 16.7 Å². The van der Waals surface area contributed by atoms with Crippen LogP contribution in [0.15, 0.2) is 42.6 Å². The van der Waals surface area contributed by atoms with E-state index in [2.05, 4.69) is 44.5 Å². The maximum Gasteiger partial charge on any atom is 0.229 e. The van der Waals surface area contributed by atoms with Crippen LogP contribution in [0.1, 0.15) is 16.8 Å². The maximum atomic E-state index is 11.1. The molecule has 5 rings (SSSR count). The number of anilines is 2. The second-order valence-corrected chi connectivity index (χ2v) is 8.45. The van der Waals surface area contributed by atoms with Gasteiger partial charge in [-0.05, 0) is 42.8 Å². The van der Waals surface area contributed by atoms with Crippen LogP contribution in [-0.4, -0.2) is 51.6 Å². The lowest BCUT2D eigenvalue weighted by atomic mass is 9.99. The molecule has 8 nitrogen and oxygen atoms in total. The molecule has 2 aromatic carbocycles. The molecule has 0 saturated heterocycles. The first-order valence-electron chi connectivity index (χ1n) is 10.7. The molecule has 0 radical (unpaired) electrons. The van der Waals surface area contributed by atoms with Gasteiger partial charge in [-0.1, -0.05) is 29.8 Å². The van der Waals surface area contributed by atoms with Gasteiger partial charge in [0.25, 0.3) is 0 Å². The van der Waals surface area contributed by atoms with Crippen molar-refractivity contribution in [1.82, 2.24) is 24.6 Å². The van der Waals surface area contributed by atoms with Crippen molar-refractivity contribution in [3.63, 3.8) is 0 Å². The van der Waals surface area contributed by atoms with Crippen molar-refractivity contribution in [2.24, 2.45) is 0 Å². The van der Waals surface area contributed by atoms with Crippen molar-refractivity contribution < 1.29 is 9.53 Å². The van der Waals surface area contributed by atoms with Gasteiger partial charge in [-0.25, -0.2) is 9.67 Å². The number of aromatic nitrogens is 4. The molecule has 0 amide bonds. The summed E-state index contributed by atoms with van der Waals surface area (Å²) in [7, 11) is 3.77. The van der Waals surface area contributed by atoms with E-state index < -0.39 is 0 Å². The zero-order valence-electron chi connectivity index (χ0n) is 18.4. The monoisotopic (exact) mass is 462 g/mol. The Morgan fingerprint density at radius 2 is 2.09 bits per heavy atom. The highest BCUT2D eigenvalue weighted by atomic mass is 35.5. The van der Waals surface area contributed by atoms with Gasteiger partial charge in [-0.2, -0.15) is 10.1 Å². The minimum Gasteiger partial charge on any atom is -0.495 e. The normalized spacial score (nSPS) is 13.7. The number of aldehydes is 1. The number of carbonyl (C=O) groups excluding carboxylic acids is 1. The Hall–Kier alpha value is -3.49. The van der Waals surface area contributed by atoms with E-state index >= 15 is 0 Å². The highest BCUT2D eigenvalue weighted by Gasteiger charge is 2.19. The van der Waals surface area contributed by atoms with E-state index in [9.17, 15) is 4.79 Å². The fourth-order valence-corrected chi connectivity index (χ4v) is 4.37. The third kappa shape index (κ3) is 4.03. The lowest BCUT2D eigenvalue weighted by Crippen LogP contribution is -2.26. The Kier molecular flexibility index (Phi) is 5.70. The summed E-state index contributed by atoms with van der Waals surface area (Å²) >= 11 is 6.48. The van der Waals surface area contributed by atoms with Gasteiger partial charge in [-0.15, -0.1) is 0 Å². The largest absolute Gasteiger partial charge is 0.495 e. The van der Waals surface area contributed by atoms with Crippen molar-refractivity contribution in [3.8, 4) is 11.6 Å². The molecule has 1 aliphatic heterocycles. The van der Waals surface area contributed by atoms with Gasteiger partial charge < -0.3 is 19.7 Å². The molecular formula is C24H23ClN6O2. The summed E-state index contributed by atoms with van der Waals surface area (Å²) < 4.78 is 7.28. The summed E-state index contributed by atoms with van der Waals surface area (Å²) in [4.78, 5) is 22.5. The molecule has 33 heavy (non-hydrogen) atoms. The average Bonchev–Trinajstić information content (AvgIpc) is 3.18. The van der Waals surface area contributed by atoms with Gasteiger partial charge in [-0.3, -0.25) is 0 Å². The van der Waals surface area contributed by atoms with Crippen molar-refractivity contribution in [2.75, 3.05) is 26.0 Å². The third-order valence-electron chi connectivity index (χ3n) is 5.84. The van der Waals surface area contributed by atoms with Gasteiger partial charge in [0.1, 0.15) is 17.1 Å². The number of hydrogen-bond acceptors (Lipinski definition) is 7. The molecule has 1 N–H and O–H groups in total. The first-order chi connectivity index (χ1) is 16.1. The molecular weight excluding hydrogens is 440 g/mol. The van der Waals surface area contributed by atoms with Crippen LogP contribution in [0.4, 0.5) is 11.6 Å². The summed E-state index contributed by atoms with van der Waals surface area (Å²) in [5, 5.41) is 9.13. The number of ether oxygens (including phenoxy) is 1. The number of halogens is 1. The molecule has 0 saturated carbocycles. The van der Waals surface area contributed by atoms with Gasteiger partial charge >= 0.3 is 0 Å². The fraction of sp³-hybridized carbons (Fsp3) is 0.250. The van der Waals surface area contributed by atoms with E-state index in [1.807, 2.05) is 24.3 Å². The number of methoxy groups -OCH3 is 1. The Morgan fingerprint density at radius 3 is 2.91 bits per heavy atom. The van der Waals surface area contributed by atoms with Gasteiger partial charge in [0, 0.05) is 24.9 Å². The number of carbonyl (C=O) groups is 1. The number of para-hydroxylation sites is 1. The molecule has 0 bridgehead atoms. The zero-order valence-corrected chi connectivity index (χ0v) is 19.1. The number of rotatable bonds is 6. The Labute approximate surface area is 196 Å². The summed E-state index contributed by atoms with van der Waals surface area (Å²) in [6.45, 7) is 1.90. The van der Waals surface area contributed by atoms with Crippen LogP contribution >= 0.6 is 11.6 Å². The standard InChI is InChI=1S/C24H23ClN6O2/c1-30-9-7-15-12-22(33-2)20(11-16(15)14-30)27-24-26-13-18(25)23(28-24)31-21-6-4-3-5-17(21)19(29-31)8-10-32/h3-6,10-13H,7-9,14H2,1-2H3,(H,26,27,28). The number of likely N-dealkylation sites (N-methyl/N-ethyl adjacent to an activating group) is 1. The fourth-order valence-electron chi connectivity index (χ4n) is 4.20. The van der Waals surface area contributed by atoms with E-state index in [1.54, 1.807) is 18.0 Å². The minimum atomic E-state index is 0.210. The van der Waals surface area contributed by atoms with E-state index in [4.69, 9.17) is 16.3 Å². The molecule has 4 aromatic rings. The number of fused-ring (bicyclic) bond motifs is 2. The van der Waals surface area contributed by atoms with Crippen LogP contribution in [-0.2, 0) is 24.2 Å². The lowest BCUT2D eigenvalue weighted by Gasteiger charge is -2.26. The van der Waals surface area contributed by atoms with E-state index in [-0.39, 0.29) is 6.42 Å². The molecule has 3 heterocycles. The second-order valence-electron chi connectivity index (χ2n) is 8.05. The number of hydrogen-bond donors (Lipinski definition) is 1. The maximum absolute atomic E-state index is 11.1. The Bertz CT molecular complexity index is 1350. The van der Waals surface area contributed by atoms with Gasteiger partial charge in [0.15, 0.2) is 5.82 Å². The Morgan fingerprint density at radius 1 is 1.24 bits per heavy atom. The zero-order chi connectivity index (χ0) is 22.9. The van der Waals surface area contributed by atoms with E-state index in [0.29, 0.717) is 22.5 Å². The quantitative estimate of drug-likeness (QED) is 0.434. The van der Waals surface area contributed by atoms with Gasteiger partial charge in [0.05, 0.1) is 30.2 Å². The second kappa shape index (κ2) is 8.80. The Balaban J connectivity index is 1.55. The topological polar surface area (TPSA) is 85.2 Å². The highest BCUT2D eigenvalue weighted by Crippen LogP contribution is 2.33. The molecule has 2 aromatic heterocycles. The predicted molar refractivity (Wildman–Crippen MR) is 128 cm³/mol. The van der Waals surface area contributed by atoms with Crippen molar-refractivity contribution in [1.29, 1.82) is 0 Å². The number of nitrogens with zero attached hydrogens (tertiary/aromatic N) is 5. The van der Waals surface area contributed by atoms with Crippen molar-refractivity contribution >= 4 is 40.4 Å². The summed E-state index contributed by atoms with van der Waals surface area (Å²) in [6.07, 6.45) is 3.58. The lowest BCUT2D eigenvalue weighted by molar-refractivity contribution is -0.107. The molecule has 9 heteroatoms. The summed E-state index contributed by atoms with van der Waals surface area (Å²) in [6, 6.07) is 11.8. The minimum absolute atomic E-state index is 0.210. The highest BCUT2D eigenvalue weighted by molar-refractivity contribution is 6.32. The number of benzene rings is 2.